The molecule has 0 aliphatic heterocycles. The van der Waals surface area contributed by atoms with Crippen molar-refractivity contribution in [2.45, 2.75) is 71.4 Å². The van der Waals surface area contributed by atoms with Crippen molar-refractivity contribution in [1.29, 1.82) is 0 Å². The molecule has 36 heavy (non-hydrogen) atoms. The van der Waals surface area contributed by atoms with Crippen molar-refractivity contribution < 1.29 is 19.5 Å². The zero-order chi connectivity index (χ0) is 25.4. The summed E-state index contributed by atoms with van der Waals surface area (Å²) in [7, 11) is 0. The number of carbonyl (C=O) groups is 3. The summed E-state index contributed by atoms with van der Waals surface area (Å²) in [6, 6.07) is 13.8. The molecule has 188 valence electrons. The van der Waals surface area contributed by atoms with Crippen LogP contribution >= 0.6 is 0 Å². The molecule has 0 saturated heterocycles. The van der Waals surface area contributed by atoms with Gasteiger partial charge in [-0.05, 0) is 74.4 Å². The van der Waals surface area contributed by atoms with Gasteiger partial charge in [0.25, 0.3) is 5.91 Å². The lowest BCUT2D eigenvalue weighted by Crippen LogP contribution is -2.46. The van der Waals surface area contributed by atoms with E-state index in [1.807, 2.05) is 43.3 Å². The van der Waals surface area contributed by atoms with Gasteiger partial charge in [0.2, 0.25) is 0 Å². The molecule has 0 spiro atoms. The third kappa shape index (κ3) is 4.69. The normalized spacial score (nSPS) is 20.2. The number of carbonyl (C=O) groups excluding carboxylic acids is 2. The lowest BCUT2D eigenvalue weighted by Gasteiger charge is -2.32. The summed E-state index contributed by atoms with van der Waals surface area (Å²) in [6.45, 7) is 4.43. The van der Waals surface area contributed by atoms with Gasteiger partial charge in [0.15, 0.2) is 5.78 Å². The summed E-state index contributed by atoms with van der Waals surface area (Å²) in [4.78, 5) is 36.9. The first kappa shape index (κ1) is 24.3. The van der Waals surface area contributed by atoms with Crippen molar-refractivity contribution in [1.82, 2.24) is 9.88 Å². The minimum Gasteiger partial charge on any atom is -0.481 e. The summed E-state index contributed by atoms with van der Waals surface area (Å²) >= 11 is 0. The number of carboxylic acid groups (broad SMARTS) is 1. The average Bonchev–Trinajstić information content (AvgIpc) is 3.16. The van der Waals surface area contributed by atoms with Crippen LogP contribution < -0.4 is 5.32 Å². The van der Waals surface area contributed by atoms with Crippen LogP contribution in [0.2, 0.25) is 0 Å². The highest BCUT2D eigenvalue weighted by molar-refractivity contribution is 6.05. The quantitative estimate of drug-likeness (QED) is 0.401. The van der Waals surface area contributed by atoms with E-state index in [1.165, 1.54) is 32.1 Å². The summed E-state index contributed by atoms with van der Waals surface area (Å²) in [5.74, 6) is -0.750. The monoisotopic (exact) mass is 486 g/mol. The Morgan fingerprint density at radius 3 is 2.44 bits per heavy atom. The van der Waals surface area contributed by atoms with Crippen molar-refractivity contribution >= 4 is 28.4 Å². The van der Waals surface area contributed by atoms with Gasteiger partial charge in [-0.3, -0.25) is 14.4 Å². The van der Waals surface area contributed by atoms with Gasteiger partial charge in [-0.15, -0.1) is 0 Å². The average molecular weight is 487 g/mol. The number of aliphatic carboxylic acids is 1. The van der Waals surface area contributed by atoms with Gasteiger partial charge < -0.3 is 15.0 Å². The Morgan fingerprint density at radius 2 is 1.75 bits per heavy atom. The third-order valence-electron chi connectivity index (χ3n) is 8.14. The zero-order valence-corrected chi connectivity index (χ0v) is 21.0. The zero-order valence-electron chi connectivity index (χ0n) is 21.0. The number of ketones is 1. The van der Waals surface area contributed by atoms with Gasteiger partial charge in [-0.1, -0.05) is 43.5 Å². The number of carboxylic acids is 1. The second kappa shape index (κ2) is 9.92. The van der Waals surface area contributed by atoms with E-state index >= 15 is 0 Å². The van der Waals surface area contributed by atoms with Crippen molar-refractivity contribution in [3.63, 3.8) is 0 Å². The van der Waals surface area contributed by atoms with E-state index in [1.54, 1.807) is 6.92 Å². The predicted octanol–water partition coefficient (Wildman–Crippen LogP) is 5.99. The second-order valence-electron chi connectivity index (χ2n) is 10.6. The summed E-state index contributed by atoms with van der Waals surface area (Å²) in [5.41, 5.74) is 4.12. The van der Waals surface area contributed by atoms with E-state index in [4.69, 9.17) is 0 Å². The Kier molecular flexibility index (Phi) is 6.69. The largest absolute Gasteiger partial charge is 0.481 e. The van der Waals surface area contributed by atoms with Crippen molar-refractivity contribution in [3.8, 4) is 11.3 Å². The molecule has 2 aromatic carbocycles. The van der Waals surface area contributed by atoms with Crippen LogP contribution in [-0.4, -0.2) is 33.4 Å². The highest BCUT2D eigenvalue weighted by atomic mass is 16.4. The molecule has 0 bridgehead atoms. The van der Waals surface area contributed by atoms with Gasteiger partial charge in [-0.2, -0.15) is 0 Å². The fourth-order valence-corrected chi connectivity index (χ4v) is 5.89. The molecule has 1 aromatic heterocycles. The van der Waals surface area contributed by atoms with Gasteiger partial charge in [-0.25, -0.2) is 0 Å². The van der Waals surface area contributed by atoms with Gasteiger partial charge in [0, 0.05) is 35.1 Å². The van der Waals surface area contributed by atoms with Gasteiger partial charge in [0.1, 0.15) is 0 Å². The molecule has 1 heterocycles. The maximum atomic E-state index is 13.3. The SMILES string of the molecule is CC(=O)c1cc(-c2cc(C(=O)N[C@H]3C[C@H](C(=O)O)C3)c(C)n2CC2CCCCC2)c2ccccc2c1. The van der Waals surface area contributed by atoms with Crippen LogP contribution in [0.4, 0.5) is 0 Å². The lowest BCUT2D eigenvalue weighted by molar-refractivity contribution is -0.145. The molecule has 2 fully saturated rings. The molecular formula is C30H34N2O4. The van der Waals surface area contributed by atoms with E-state index in [-0.39, 0.29) is 23.7 Å². The van der Waals surface area contributed by atoms with E-state index in [9.17, 15) is 19.5 Å². The predicted molar refractivity (Wildman–Crippen MR) is 140 cm³/mol. The smallest absolute Gasteiger partial charge is 0.306 e. The molecule has 3 aromatic rings. The van der Waals surface area contributed by atoms with Crippen LogP contribution in [0, 0.1) is 18.8 Å². The maximum Gasteiger partial charge on any atom is 0.306 e. The van der Waals surface area contributed by atoms with Crippen LogP contribution in [-0.2, 0) is 11.3 Å². The minimum atomic E-state index is -0.796. The Balaban J connectivity index is 1.57. The number of aromatic nitrogens is 1. The maximum absolute atomic E-state index is 13.3. The Labute approximate surface area is 211 Å². The molecule has 0 radical (unpaired) electrons. The number of fused-ring (bicyclic) bond motifs is 1. The molecule has 6 nitrogen and oxygen atoms in total. The lowest BCUT2D eigenvalue weighted by atomic mass is 9.80. The molecule has 5 rings (SSSR count). The van der Waals surface area contributed by atoms with Crippen LogP contribution in [0.1, 0.15) is 78.3 Å². The first-order valence-electron chi connectivity index (χ1n) is 13.1. The van der Waals surface area contributed by atoms with E-state index in [0.29, 0.717) is 29.9 Å². The van der Waals surface area contributed by atoms with E-state index in [2.05, 4.69) is 16.0 Å². The number of nitrogens with one attached hydrogen (secondary N) is 1. The number of hydrogen-bond acceptors (Lipinski definition) is 3. The highest BCUT2D eigenvalue weighted by Gasteiger charge is 2.36. The first-order valence-corrected chi connectivity index (χ1v) is 13.1. The Hall–Kier alpha value is -3.41. The van der Waals surface area contributed by atoms with Crippen LogP contribution in [0.15, 0.2) is 42.5 Å². The number of Topliss-reactive ketones (excluding diaryl/α,β-unsaturated/α-hetero) is 1. The molecule has 2 N–H and O–H groups in total. The first-order chi connectivity index (χ1) is 17.3. The molecule has 2 saturated carbocycles. The number of rotatable bonds is 7. The molecular weight excluding hydrogens is 452 g/mol. The van der Waals surface area contributed by atoms with Gasteiger partial charge in [0.05, 0.1) is 11.5 Å². The fraction of sp³-hybridized carbons (Fsp3) is 0.433. The second-order valence-corrected chi connectivity index (χ2v) is 10.6. The molecule has 0 atom stereocenters. The number of amides is 1. The minimum absolute atomic E-state index is 0.0139. The number of benzene rings is 2. The summed E-state index contributed by atoms with van der Waals surface area (Å²) in [6.07, 6.45) is 7.08. The standard InChI is InChI=1S/C30H34N2O4/c1-18-26(29(34)31-24-13-23(14-24)30(35)36)16-28(32(18)17-20-8-4-3-5-9-20)27-15-22(19(2)33)12-21-10-6-7-11-25(21)27/h6-7,10-12,15-16,20,23-24H,3-5,8-9,13-14,17H2,1-2H3,(H,31,34)(H,35,36)/t23-,24-. The van der Waals surface area contributed by atoms with E-state index < -0.39 is 5.97 Å². The Morgan fingerprint density at radius 1 is 1.03 bits per heavy atom. The molecule has 2 aliphatic rings. The topological polar surface area (TPSA) is 88.4 Å². The third-order valence-corrected chi connectivity index (χ3v) is 8.14. The summed E-state index contributed by atoms with van der Waals surface area (Å²) in [5, 5.41) is 14.3. The molecule has 2 aliphatic carbocycles. The van der Waals surface area contributed by atoms with Gasteiger partial charge >= 0.3 is 5.97 Å². The van der Waals surface area contributed by atoms with Crippen LogP contribution in [0.25, 0.3) is 22.0 Å². The molecule has 1 amide bonds. The fourth-order valence-electron chi connectivity index (χ4n) is 5.89. The number of hydrogen-bond donors (Lipinski definition) is 2. The van der Waals surface area contributed by atoms with Crippen molar-refractivity contribution in [3.05, 3.63) is 59.3 Å². The molecule has 0 unspecified atom stereocenters. The van der Waals surface area contributed by atoms with Crippen molar-refractivity contribution in [2.75, 3.05) is 0 Å². The Bertz CT molecular complexity index is 1330. The number of nitrogens with zero attached hydrogens (tertiary/aromatic N) is 1. The summed E-state index contributed by atoms with van der Waals surface area (Å²) < 4.78 is 2.28. The van der Waals surface area contributed by atoms with Crippen molar-refractivity contribution in [2.24, 2.45) is 11.8 Å². The van der Waals surface area contributed by atoms with E-state index in [0.717, 1.165) is 34.3 Å². The van der Waals surface area contributed by atoms with Crippen LogP contribution in [0.3, 0.4) is 0 Å². The highest BCUT2D eigenvalue weighted by Crippen LogP contribution is 2.36. The van der Waals surface area contributed by atoms with Crippen LogP contribution in [0.5, 0.6) is 0 Å². The molecule has 6 heteroatoms.